The highest BCUT2D eigenvalue weighted by Crippen LogP contribution is 2.17. The van der Waals surface area contributed by atoms with Crippen molar-refractivity contribution in [2.75, 3.05) is 13.2 Å². The molecule has 0 bridgehead atoms. The maximum atomic E-state index is 12.6. The predicted octanol–water partition coefficient (Wildman–Crippen LogP) is 15.9. The first-order valence-corrected chi connectivity index (χ1v) is 24.9. The van der Waals surface area contributed by atoms with Crippen LogP contribution in [0.5, 0.6) is 0 Å². The Bertz CT molecular complexity index is 843. The van der Waals surface area contributed by atoms with Gasteiger partial charge in [0.1, 0.15) is 13.2 Å². The summed E-state index contributed by atoms with van der Waals surface area (Å²) in [5, 5.41) is 0. The van der Waals surface area contributed by atoms with Crippen molar-refractivity contribution in [3.05, 3.63) is 0 Å². The van der Waals surface area contributed by atoms with Crippen molar-refractivity contribution < 1.29 is 28.6 Å². The average Bonchev–Trinajstić information content (AvgIpc) is 3.19. The molecule has 0 aliphatic rings. The molecule has 6 nitrogen and oxygen atoms in total. The lowest BCUT2D eigenvalue weighted by molar-refractivity contribution is -0.167. The highest BCUT2D eigenvalue weighted by molar-refractivity contribution is 5.71. The van der Waals surface area contributed by atoms with Gasteiger partial charge in [-0.05, 0) is 25.2 Å². The first-order chi connectivity index (χ1) is 27.4. The van der Waals surface area contributed by atoms with Gasteiger partial charge in [-0.1, -0.05) is 240 Å². The summed E-state index contributed by atoms with van der Waals surface area (Å²) in [5.41, 5.74) is 0. The molecule has 332 valence electrons. The van der Waals surface area contributed by atoms with Gasteiger partial charge >= 0.3 is 17.9 Å². The van der Waals surface area contributed by atoms with Crippen molar-refractivity contribution in [1.29, 1.82) is 0 Å². The van der Waals surface area contributed by atoms with E-state index in [-0.39, 0.29) is 31.1 Å². The van der Waals surface area contributed by atoms with Crippen LogP contribution < -0.4 is 0 Å². The van der Waals surface area contributed by atoms with Crippen molar-refractivity contribution in [2.24, 2.45) is 5.92 Å². The zero-order chi connectivity index (χ0) is 41.0. The normalized spacial score (nSPS) is 12.4. The quantitative estimate of drug-likeness (QED) is 0.0347. The van der Waals surface area contributed by atoms with Crippen LogP contribution in [0.2, 0.25) is 0 Å². The van der Waals surface area contributed by atoms with E-state index in [4.69, 9.17) is 14.2 Å². The Hall–Kier alpha value is -1.59. The first kappa shape index (κ1) is 54.4. The van der Waals surface area contributed by atoms with Gasteiger partial charge in [0.05, 0.1) is 0 Å². The topological polar surface area (TPSA) is 78.9 Å². The molecule has 6 heteroatoms. The third-order valence-electron chi connectivity index (χ3n) is 11.7. The second kappa shape index (κ2) is 44.5. The minimum Gasteiger partial charge on any atom is -0.462 e. The standard InChI is InChI=1S/C50H96O6/c1-5-8-10-12-14-15-16-19-23-26-30-33-37-41-48(51)54-44-47(56-50(53)43-39-35-28-13-11-9-6-2)45-55-49(52)42-38-34-31-27-24-21-18-17-20-22-25-29-32-36-40-46(4)7-3/h46-47H,5-45H2,1-4H3/t46?,47-/m0/s1. The van der Waals surface area contributed by atoms with Crippen LogP contribution in [0.15, 0.2) is 0 Å². The van der Waals surface area contributed by atoms with Gasteiger partial charge in [0, 0.05) is 19.3 Å². The van der Waals surface area contributed by atoms with E-state index >= 15 is 0 Å². The molecule has 0 aromatic heterocycles. The van der Waals surface area contributed by atoms with Crippen LogP contribution in [0.1, 0.15) is 278 Å². The fourth-order valence-corrected chi connectivity index (χ4v) is 7.48. The Morgan fingerprint density at radius 2 is 0.625 bits per heavy atom. The Morgan fingerprint density at radius 3 is 0.929 bits per heavy atom. The van der Waals surface area contributed by atoms with Gasteiger partial charge in [-0.3, -0.25) is 14.4 Å². The molecule has 56 heavy (non-hydrogen) atoms. The second-order valence-corrected chi connectivity index (χ2v) is 17.3. The van der Waals surface area contributed by atoms with E-state index in [0.717, 1.165) is 63.7 Å². The van der Waals surface area contributed by atoms with Crippen molar-refractivity contribution in [2.45, 2.75) is 284 Å². The predicted molar refractivity (Wildman–Crippen MR) is 238 cm³/mol. The van der Waals surface area contributed by atoms with Crippen LogP contribution in [-0.4, -0.2) is 37.2 Å². The number of rotatable bonds is 45. The van der Waals surface area contributed by atoms with Crippen LogP contribution in [0.25, 0.3) is 0 Å². The molecular weight excluding hydrogens is 697 g/mol. The zero-order valence-corrected chi connectivity index (χ0v) is 38.1. The Kier molecular flexibility index (Phi) is 43.2. The van der Waals surface area contributed by atoms with Gasteiger partial charge in [-0.2, -0.15) is 0 Å². The second-order valence-electron chi connectivity index (χ2n) is 17.3. The highest BCUT2D eigenvalue weighted by Gasteiger charge is 2.19. The van der Waals surface area contributed by atoms with Gasteiger partial charge in [-0.15, -0.1) is 0 Å². The number of carbonyl (C=O) groups excluding carboxylic acids is 3. The van der Waals surface area contributed by atoms with E-state index in [1.165, 1.54) is 173 Å². The summed E-state index contributed by atoms with van der Waals surface area (Å²) in [6.07, 6.45) is 45.2. The molecule has 2 atom stereocenters. The molecule has 0 saturated heterocycles. The van der Waals surface area contributed by atoms with Crippen molar-refractivity contribution in [1.82, 2.24) is 0 Å². The summed E-state index contributed by atoms with van der Waals surface area (Å²) < 4.78 is 16.7. The summed E-state index contributed by atoms with van der Waals surface area (Å²) >= 11 is 0. The zero-order valence-electron chi connectivity index (χ0n) is 38.1. The number of carbonyl (C=O) groups is 3. The summed E-state index contributed by atoms with van der Waals surface area (Å²) in [7, 11) is 0. The molecular formula is C50H96O6. The molecule has 0 N–H and O–H groups in total. The van der Waals surface area contributed by atoms with Gasteiger partial charge in [0.25, 0.3) is 0 Å². The first-order valence-electron chi connectivity index (χ1n) is 24.9. The molecule has 0 aliphatic heterocycles. The minimum absolute atomic E-state index is 0.0636. The molecule has 0 rings (SSSR count). The molecule has 0 aliphatic carbocycles. The van der Waals surface area contributed by atoms with Crippen molar-refractivity contribution in [3.63, 3.8) is 0 Å². The van der Waals surface area contributed by atoms with E-state index in [1.54, 1.807) is 0 Å². The highest BCUT2D eigenvalue weighted by atomic mass is 16.6. The van der Waals surface area contributed by atoms with Gasteiger partial charge in [-0.25, -0.2) is 0 Å². The van der Waals surface area contributed by atoms with E-state index in [1.807, 2.05) is 0 Å². The summed E-state index contributed by atoms with van der Waals surface area (Å²) in [4.78, 5) is 37.7. The monoisotopic (exact) mass is 793 g/mol. The Labute approximate surface area is 348 Å². The van der Waals surface area contributed by atoms with Gasteiger partial charge < -0.3 is 14.2 Å². The largest absolute Gasteiger partial charge is 0.462 e. The Morgan fingerprint density at radius 1 is 0.357 bits per heavy atom. The van der Waals surface area contributed by atoms with E-state index in [0.29, 0.717) is 19.3 Å². The number of ether oxygens (including phenoxy) is 3. The van der Waals surface area contributed by atoms with E-state index in [2.05, 4.69) is 27.7 Å². The smallest absolute Gasteiger partial charge is 0.306 e. The molecule has 0 heterocycles. The lowest BCUT2D eigenvalue weighted by Crippen LogP contribution is -2.30. The molecule has 0 aromatic carbocycles. The summed E-state index contributed by atoms with van der Waals surface area (Å²) in [5.74, 6) is 0.0415. The SMILES string of the molecule is CCCCCCCCCCCCCCCC(=O)OC[C@@H](COC(=O)CCCCCCCCCCCCCCCCC(C)CC)OC(=O)CCCCCCCCC. The van der Waals surface area contributed by atoms with Crippen LogP contribution in [0.3, 0.4) is 0 Å². The third-order valence-corrected chi connectivity index (χ3v) is 11.7. The lowest BCUT2D eigenvalue weighted by atomic mass is 9.99. The van der Waals surface area contributed by atoms with Crippen molar-refractivity contribution in [3.8, 4) is 0 Å². The van der Waals surface area contributed by atoms with Crippen LogP contribution in [-0.2, 0) is 28.6 Å². The maximum Gasteiger partial charge on any atom is 0.306 e. The van der Waals surface area contributed by atoms with Crippen molar-refractivity contribution >= 4 is 17.9 Å². The third kappa shape index (κ3) is 42.0. The molecule has 0 spiro atoms. The molecule has 0 aromatic rings. The molecule has 0 amide bonds. The fraction of sp³-hybridized carbons (Fsp3) is 0.940. The molecule has 0 fully saturated rings. The van der Waals surface area contributed by atoms with E-state index < -0.39 is 6.10 Å². The molecule has 0 radical (unpaired) electrons. The van der Waals surface area contributed by atoms with Crippen LogP contribution >= 0.6 is 0 Å². The van der Waals surface area contributed by atoms with Gasteiger partial charge in [0.2, 0.25) is 0 Å². The van der Waals surface area contributed by atoms with Crippen LogP contribution in [0.4, 0.5) is 0 Å². The summed E-state index contributed by atoms with van der Waals surface area (Å²) in [6.45, 7) is 9.02. The average molecular weight is 793 g/mol. The number of hydrogen-bond acceptors (Lipinski definition) is 6. The minimum atomic E-state index is -0.758. The Balaban J connectivity index is 4.16. The lowest BCUT2D eigenvalue weighted by Gasteiger charge is -2.18. The van der Waals surface area contributed by atoms with E-state index in [9.17, 15) is 14.4 Å². The number of esters is 3. The molecule has 1 unspecified atom stereocenters. The summed E-state index contributed by atoms with van der Waals surface area (Å²) in [6, 6.07) is 0. The van der Waals surface area contributed by atoms with Gasteiger partial charge in [0.15, 0.2) is 6.10 Å². The maximum absolute atomic E-state index is 12.6. The number of unbranched alkanes of at least 4 members (excludes halogenated alkanes) is 31. The molecule has 0 saturated carbocycles. The number of hydrogen-bond donors (Lipinski definition) is 0. The van der Waals surface area contributed by atoms with Crippen LogP contribution in [0, 0.1) is 5.92 Å². The fourth-order valence-electron chi connectivity index (χ4n) is 7.48.